The van der Waals surface area contributed by atoms with Crippen LogP contribution in [-0.2, 0) is 16.0 Å². The van der Waals surface area contributed by atoms with Crippen LogP contribution >= 0.6 is 23.1 Å². The molecule has 1 amide bonds. The third kappa shape index (κ3) is 3.70. The molecule has 0 radical (unpaired) electrons. The summed E-state index contributed by atoms with van der Waals surface area (Å²) >= 11 is 2.72. The van der Waals surface area contributed by atoms with E-state index in [1.54, 1.807) is 6.92 Å². The van der Waals surface area contributed by atoms with Gasteiger partial charge in [-0.05, 0) is 51.3 Å². The van der Waals surface area contributed by atoms with E-state index in [2.05, 4.69) is 23.0 Å². The number of carbonyl (C=O) groups is 2. The Labute approximate surface area is 183 Å². The van der Waals surface area contributed by atoms with Crippen LogP contribution in [-0.4, -0.2) is 40.2 Å². The molecule has 8 heteroatoms. The van der Waals surface area contributed by atoms with Crippen LogP contribution in [0, 0.1) is 13.8 Å². The van der Waals surface area contributed by atoms with Gasteiger partial charge in [-0.1, -0.05) is 30.0 Å². The molecule has 4 rings (SSSR count). The number of anilines is 1. The van der Waals surface area contributed by atoms with Crippen LogP contribution in [0.25, 0.3) is 10.2 Å². The topological polar surface area (TPSA) is 72.4 Å². The summed E-state index contributed by atoms with van der Waals surface area (Å²) < 4.78 is 5.17. The molecular weight excluding hydrogens is 418 g/mol. The minimum atomic E-state index is -0.342. The number of ether oxygens (including phenoxy) is 1. The molecule has 1 aliphatic rings. The van der Waals surface area contributed by atoms with Gasteiger partial charge in [0.15, 0.2) is 0 Å². The number of thiophene rings is 1. The number of fused-ring (bicyclic) bond motifs is 2. The van der Waals surface area contributed by atoms with E-state index >= 15 is 0 Å². The molecule has 3 heterocycles. The Kier molecular flexibility index (Phi) is 5.79. The number of carbonyl (C=O) groups excluding carboxylic acids is 2. The molecule has 1 aliphatic heterocycles. The van der Waals surface area contributed by atoms with Gasteiger partial charge < -0.3 is 9.64 Å². The first-order valence-electron chi connectivity index (χ1n) is 9.88. The molecule has 0 bridgehead atoms. The predicted molar refractivity (Wildman–Crippen MR) is 121 cm³/mol. The van der Waals surface area contributed by atoms with Crippen molar-refractivity contribution in [2.24, 2.45) is 0 Å². The molecular formula is C22H23N3O3S2. The predicted octanol–water partition coefficient (Wildman–Crippen LogP) is 4.55. The van der Waals surface area contributed by atoms with Crippen molar-refractivity contribution in [3.8, 4) is 0 Å². The highest BCUT2D eigenvalue weighted by molar-refractivity contribution is 8.00. The molecule has 156 valence electrons. The molecule has 0 aliphatic carbocycles. The van der Waals surface area contributed by atoms with E-state index in [9.17, 15) is 9.59 Å². The Morgan fingerprint density at radius 2 is 2.03 bits per heavy atom. The Bertz CT molecular complexity index is 1140. The number of hydrogen-bond donors (Lipinski definition) is 0. The first-order chi connectivity index (χ1) is 14.4. The summed E-state index contributed by atoms with van der Waals surface area (Å²) in [6.07, 6.45) is 0.871. The lowest BCUT2D eigenvalue weighted by molar-refractivity contribution is -0.116. The lowest BCUT2D eigenvalue weighted by atomic mass is 10.1. The number of rotatable bonds is 5. The summed E-state index contributed by atoms with van der Waals surface area (Å²) in [4.78, 5) is 37.6. The van der Waals surface area contributed by atoms with Crippen LogP contribution < -0.4 is 4.90 Å². The second-order valence-corrected chi connectivity index (χ2v) is 9.23. The zero-order chi connectivity index (χ0) is 21.4. The third-order valence-electron chi connectivity index (χ3n) is 5.14. The number of esters is 1. The smallest absolute Gasteiger partial charge is 0.348 e. The van der Waals surface area contributed by atoms with Gasteiger partial charge in [0.05, 0.1) is 12.4 Å². The van der Waals surface area contributed by atoms with Gasteiger partial charge in [0.2, 0.25) is 5.91 Å². The fraction of sp³-hybridized carbons (Fsp3) is 0.364. The molecule has 30 heavy (non-hydrogen) atoms. The summed E-state index contributed by atoms with van der Waals surface area (Å²) in [5, 5.41) is 1.57. The average Bonchev–Trinajstić information content (AvgIpc) is 3.22. The molecule has 6 nitrogen and oxygen atoms in total. The number of benzene rings is 1. The highest BCUT2D eigenvalue weighted by atomic mass is 32.2. The van der Waals surface area contributed by atoms with Gasteiger partial charge in [-0.25, -0.2) is 14.8 Å². The lowest BCUT2D eigenvalue weighted by Crippen LogP contribution is -2.37. The second-order valence-electron chi connectivity index (χ2n) is 7.27. The summed E-state index contributed by atoms with van der Waals surface area (Å²) in [6, 6.07) is 8.20. The summed E-state index contributed by atoms with van der Waals surface area (Å²) in [7, 11) is 0. The van der Waals surface area contributed by atoms with Gasteiger partial charge in [-0.15, -0.1) is 11.3 Å². The van der Waals surface area contributed by atoms with E-state index < -0.39 is 0 Å². The van der Waals surface area contributed by atoms with Gasteiger partial charge in [-0.2, -0.15) is 0 Å². The number of hydrogen-bond acceptors (Lipinski definition) is 7. The van der Waals surface area contributed by atoms with Crippen molar-refractivity contribution in [3.05, 3.63) is 46.1 Å². The maximum atomic E-state index is 13.1. The number of aromatic nitrogens is 2. The average molecular weight is 442 g/mol. The van der Waals surface area contributed by atoms with Crippen LogP contribution in [0.3, 0.4) is 0 Å². The van der Waals surface area contributed by atoms with E-state index in [0.29, 0.717) is 17.3 Å². The number of amides is 1. The number of para-hydroxylation sites is 1. The van der Waals surface area contributed by atoms with E-state index in [0.717, 1.165) is 32.9 Å². The van der Waals surface area contributed by atoms with Crippen molar-refractivity contribution in [3.63, 3.8) is 0 Å². The lowest BCUT2D eigenvalue weighted by Gasteiger charge is -2.22. The second kappa shape index (κ2) is 8.35. The normalized spacial score (nSPS) is 15.5. The van der Waals surface area contributed by atoms with Crippen LogP contribution in [0.4, 0.5) is 5.69 Å². The zero-order valence-corrected chi connectivity index (χ0v) is 19.0. The minimum Gasteiger partial charge on any atom is -0.462 e. The van der Waals surface area contributed by atoms with E-state index in [1.165, 1.54) is 28.7 Å². The molecule has 0 unspecified atom stereocenters. The first kappa shape index (κ1) is 20.8. The van der Waals surface area contributed by atoms with Crippen LogP contribution in [0.2, 0.25) is 0 Å². The number of thioether (sulfide) groups is 1. The Hall–Kier alpha value is -2.45. The van der Waals surface area contributed by atoms with Gasteiger partial charge in [0, 0.05) is 17.1 Å². The van der Waals surface area contributed by atoms with Gasteiger partial charge in [0.25, 0.3) is 0 Å². The van der Waals surface area contributed by atoms with E-state index in [1.807, 2.05) is 36.9 Å². The summed E-state index contributed by atoms with van der Waals surface area (Å²) in [5.74, 6) is 0.605. The number of nitrogens with zero attached hydrogens (tertiary/aromatic N) is 3. The molecule has 1 aromatic carbocycles. The van der Waals surface area contributed by atoms with Gasteiger partial charge >= 0.3 is 5.97 Å². The molecule has 0 spiro atoms. The zero-order valence-electron chi connectivity index (χ0n) is 17.4. The van der Waals surface area contributed by atoms with Crippen molar-refractivity contribution in [2.45, 2.75) is 45.2 Å². The SMILES string of the molecule is CCOC(=O)c1sc2nc(C)nc(SCC(=O)N3c4ccccc4C[C@H]3C)c2c1C. The van der Waals surface area contributed by atoms with Crippen LogP contribution in [0.15, 0.2) is 29.3 Å². The summed E-state index contributed by atoms with van der Waals surface area (Å²) in [5.41, 5.74) is 3.01. The Balaban J connectivity index is 1.61. The standard InChI is InChI=1S/C22H23N3O3S2/c1-5-28-22(27)19-13(3)18-20(23-14(4)24-21(18)30-19)29-11-17(26)25-12(2)10-15-8-6-7-9-16(15)25/h6-9,12H,5,10-11H2,1-4H3/t12-/m1/s1. The molecule has 1 atom stereocenters. The van der Waals surface area contributed by atoms with Crippen molar-refractivity contribution < 1.29 is 14.3 Å². The van der Waals surface area contributed by atoms with Crippen molar-refractivity contribution in [2.75, 3.05) is 17.3 Å². The molecule has 0 fully saturated rings. The van der Waals surface area contributed by atoms with E-state index in [4.69, 9.17) is 4.74 Å². The van der Waals surface area contributed by atoms with Crippen LogP contribution in [0.1, 0.15) is 40.5 Å². The number of aryl methyl sites for hydroxylation is 2. The molecule has 0 N–H and O–H groups in total. The van der Waals surface area contributed by atoms with E-state index in [-0.39, 0.29) is 23.7 Å². The van der Waals surface area contributed by atoms with Gasteiger partial charge in [-0.3, -0.25) is 4.79 Å². The first-order valence-corrected chi connectivity index (χ1v) is 11.7. The summed E-state index contributed by atoms with van der Waals surface area (Å²) in [6.45, 7) is 7.89. The highest BCUT2D eigenvalue weighted by Gasteiger charge is 2.30. The van der Waals surface area contributed by atoms with Crippen molar-refractivity contribution >= 4 is 50.9 Å². The minimum absolute atomic E-state index is 0.0559. The maximum absolute atomic E-state index is 13.1. The fourth-order valence-electron chi connectivity index (χ4n) is 3.84. The Morgan fingerprint density at radius 1 is 1.27 bits per heavy atom. The largest absolute Gasteiger partial charge is 0.462 e. The quantitative estimate of drug-likeness (QED) is 0.328. The molecule has 0 saturated carbocycles. The maximum Gasteiger partial charge on any atom is 0.348 e. The Morgan fingerprint density at radius 3 is 2.80 bits per heavy atom. The highest BCUT2D eigenvalue weighted by Crippen LogP contribution is 2.37. The molecule has 2 aromatic heterocycles. The van der Waals surface area contributed by atoms with Crippen molar-refractivity contribution in [1.29, 1.82) is 0 Å². The fourth-order valence-corrected chi connectivity index (χ4v) is 6.02. The molecule has 0 saturated heterocycles. The van der Waals surface area contributed by atoms with Gasteiger partial charge in [0.1, 0.15) is 20.6 Å². The van der Waals surface area contributed by atoms with Crippen LogP contribution in [0.5, 0.6) is 0 Å². The van der Waals surface area contributed by atoms with Crippen molar-refractivity contribution in [1.82, 2.24) is 9.97 Å². The third-order valence-corrected chi connectivity index (χ3v) is 7.26. The monoisotopic (exact) mass is 441 g/mol. The molecule has 3 aromatic rings.